The number of nitrogens with one attached hydrogen (secondary N) is 1. The lowest BCUT2D eigenvalue weighted by Gasteiger charge is -2.27. The topological polar surface area (TPSA) is 80.2 Å². The molecule has 0 heterocycles. The highest BCUT2D eigenvalue weighted by Crippen LogP contribution is 2.33. The van der Waals surface area contributed by atoms with Crippen LogP contribution in [0.5, 0.6) is 11.5 Å². The molecule has 6 nitrogen and oxygen atoms in total. The van der Waals surface area contributed by atoms with Crippen molar-refractivity contribution in [1.29, 1.82) is 0 Å². The number of halogens is 1. The summed E-state index contributed by atoms with van der Waals surface area (Å²) in [5, 5.41) is 15.6. The quantitative estimate of drug-likeness (QED) is 0.334. The van der Waals surface area contributed by atoms with Crippen LogP contribution in [0.1, 0.15) is 30.5 Å². The highest BCUT2D eigenvalue weighted by molar-refractivity contribution is 9.10. The Morgan fingerprint density at radius 1 is 0.969 bits per heavy atom. The molecule has 0 fully saturated rings. The minimum atomic E-state index is -1.90. The number of hydrogen-bond donors (Lipinski definition) is 2. The Hall–Kier alpha value is -3.16. The van der Waals surface area contributed by atoms with Gasteiger partial charge in [0.1, 0.15) is 11.5 Å². The number of hydrazone groups is 1. The second kappa shape index (κ2) is 10.9. The summed E-state index contributed by atoms with van der Waals surface area (Å²) < 4.78 is 12.0. The zero-order valence-corrected chi connectivity index (χ0v) is 19.5. The Morgan fingerprint density at radius 3 is 2.03 bits per heavy atom. The zero-order valence-electron chi connectivity index (χ0n) is 17.9. The monoisotopic (exact) mass is 496 g/mol. The predicted molar refractivity (Wildman–Crippen MR) is 128 cm³/mol. The van der Waals surface area contributed by atoms with Gasteiger partial charge in [-0.25, -0.2) is 5.43 Å². The van der Waals surface area contributed by atoms with Crippen LogP contribution in [0.2, 0.25) is 0 Å². The van der Waals surface area contributed by atoms with E-state index in [2.05, 4.69) is 26.5 Å². The SMILES string of the molecule is CCOc1cc(OCC)c(C=NNC(=O)C(O)(c2ccccc2)c2ccccc2)cc1Br. The Kier molecular flexibility index (Phi) is 8.03. The molecule has 0 unspecified atom stereocenters. The largest absolute Gasteiger partial charge is 0.493 e. The summed E-state index contributed by atoms with van der Waals surface area (Å²) in [6.45, 7) is 4.76. The number of hydrogen-bond acceptors (Lipinski definition) is 5. The van der Waals surface area contributed by atoms with E-state index >= 15 is 0 Å². The minimum absolute atomic E-state index is 0.442. The molecule has 3 aromatic carbocycles. The molecule has 0 bridgehead atoms. The molecular formula is C25H25BrN2O4. The fourth-order valence-corrected chi connectivity index (χ4v) is 3.70. The van der Waals surface area contributed by atoms with Gasteiger partial charge < -0.3 is 14.6 Å². The van der Waals surface area contributed by atoms with E-state index in [0.29, 0.717) is 41.4 Å². The van der Waals surface area contributed by atoms with Crippen molar-refractivity contribution < 1.29 is 19.4 Å². The lowest BCUT2D eigenvalue weighted by molar-refractivity contribution is -0.136. The van der Waals surface area contributed by atoms with Gasteiger partial charge in [0.25, 0.3) is 5.91 Å². The summed E-state index contributed by atoms with van der Waals surface area (Å²) in [6.07, 6.45) is 1.47. The fourth-order valence-electron chi connectivity index (χ4n) is 3.23. The van der Waals surface area contributed by atoms with E-state index < -0.39 is 11.5 Å². The summed E-state index contributed by atoms with van der Waals surface area (Å²) in [5.74, 6) is 0.548. The van der Waals surface area contributed by atoms with Gasteiger partial charge in [-0.3, -0.25) is 4.79 Å². The average molecular weight is 497 g/mol. The standard InChI is InChI=1S/C25H25BrN2O4/c1-3-31-22-16-23(32-4-2)21(26)15-18(22)17-27-28-24(29)25(30,19-11-7-5-8-12-19)20-13-9-6-10-14-20/h5-17,30H,3-4H2,1-2H3,(H,28,29). The number of aliphatic hydroxyl groups is 1. The van der Waals surface area contributed by atoms with Crippen LogP contribution in [-0.4, -0.2) is 30.4 Å². The summed E-state index contributed by atoms with van der Waals surface area (Å²) in [6, 6.07) is 21.1. The number of amides is 1. The Balaban J connectivity index is 1.89. The summed E-state index contributed by atoms with van der Waals surface area (Å²) >= 11 is 3.48. The van der Waals surface area contributed by atoms with Crippen LogP contribution in [0.3, 0.4) is 0 Å². The fraction of sp³-hybridized carbons (Fsp3) is 0.200. The first kappa shape index (κ1) is 23.5. The van der Waals surface area contributed by atoms with Gasteiger partial charge in [-0.1, -0.05) is 60.7 Å². The first-order chi connectivity index (χ1) is 15.5. The van der Waals surface area contributed by atoms with Crippen molar-refractivity contribution in [3.63, 3.8) is 0 Å². The van der Waals surface area contributed by atoms with E-state index in [4.69, 9.17) is 9.47 Å². The van der Waals surface area contributed by atoms with Crippen LogP contribution in [-0.2, 0) is 10.4 Å². The molecule has 3 aromatic rings. The van der Waals surface area contributed by atoms with Crippen LogP contribution in [0.25, 0.3) is 0 Å². The summed E-state index contributed by atoms with van der Waals surface area (Å²) in [5.41, 5.74) is 2.10. The molecule has 3 rings (SSSR count). The molecule has 1 amide bonds. The maximum Gasteiger partial charge on any atom is 0.281 e. The Bertz CT molecular complexity index is 1030. The molecule has 2 N–H and O–H groups in total. The van der Waals surface area contributed by atoms with E-state index in [-0.39, 0.29) is 0 Å². The maximum atomic E-state index is 13.1. The van der Waals surface area contributed by atoms with E-state index in [9.17, 15) is 9.90 Å². The number of carbonyl (C=O) groups excluding carboxylic acids is 1. The Morgan fingerprint density at radius 2 is 1.50 bits per heavy atom. The predicted octanol–water partition coefficient (Wildman–Crippen LogP) is 4.63. The number of carbonyl (C=O) groups is 1. The van der Waals surface area contributed by atoms with Gasteiger partial charge in [0.15, 0.2) is 5.60 Å². The molecule has 0 saturated carbocycles. The first-order valence-corrected chi connectivity index (χ1v) is 11.1. The number of nitrogens with zero attached hydrogens (tertiary/aromatic N) is 1. The molecule has 32 heavy (non-hydrogen) atoms. The van der Waals surface area contributed by atoms with Crippen molar-refractivity contribution in [3.05, 3.63) is 94.0 Å². The molecule has 7 heteroatoms. The molecule has 0 radical (unpaired) electrons. The average Bonchev–Trinajstić information content (AvgIpc) is 2.82. The zero-order chi connectivity index (χ0) is 23.0. The van der Waals surface area contributed by atoms with E-state index in [1.165, 1.54) is 6.21 Å². The van der Waals surface area contributed by atoms with E-state index in [1.807, 2.05) is 26.0 Å². The summed E-state index contributed by atoms with van der Waals surface area (Å²) in [7, 11) is 0. The van der Waals surface area contributed by atoms with Crippen molar-refractivity contribution in [3.8, 4) is 11.5 Å². The van der Waals surface area contributed by atoms with Crippen LogP contribution >= 0.6 is 15.9 Å². The second-order valence-corrected chi connectivity index (χ2v) is 7.68. The molecule has 0 aliphatic carbocycles. The Labute approximate surface area is 196 Å². The molecule has 0 aliphatic rings. The van der Waals surface area contributed by atoms with Crippen LogP contribution in [0.15, 0.2) is 82.4 Å². The van der Waals surface area contributed by atoms with E-state index in [1.54, 1.807) is 60.7 Å². The molecule has 0 aromatic heterocycles. The molecule has 0 aliphatic heterocycles. The normalized spacial score (nSPS) is 11.4. The van der Waals surface area contributed by atoms with Gasteiger partial charge in [-0.2, -0.15) is 5.10 Å². The molecular weight excluding hydrogens is 472 g/mol. The maximum absolute atomic E-state index is 13.1. The number of benzene rings is 3. The lowest BCUT2D eigenvalue weighted by Crippen LogP contribution is -2.43. The van der Waals surface area contributed by atoms with Crippen molar-refractivity contribution in [2.24, 2.45) is 5.10 Å². The molecule has 0 saturated heterocycles. The molecule has 166 valence electrons. The van der Waals surface area contributed by atoms with E-state index in [0.717, 1.165) is 4.47 Å². The van der Waals surface area contributed by atoms with Gasteiger partial charge in [0.05, 0.1) is 23.9 Å². The second-order valence-electron chi connectivity index (χ2n) is 6.83. The molecule has 0 atom stereocenters. The van der Waals surface area contributed by atoms with Gasteiger partial charge in [0.2, 0.25) is 0 Å². The lowest BCUT2D eigenvalue weighted by atomic mass is 9.85. The van der Waals surface area contributed by atoms with Crippen molar-refractivity contribution in [1.82, 2.24) is 5.43 Å². The smallest absolute Gasteiger partial charge is 0.281 e. The third-order valence-corrected chi connectivity index (χ3v) is 5.37. The van der Waals surface area contributed by atoms with Gasteiger partial charge in [-0.15, -0.1) is 0 Å². The third kappa shape index (κ3) is 5.18. The van der Waals surface area contributed by atoms with Crippen LogP contribution in [0.4, 0.5) is 0 Å². The van der Waals surface area contributed by atoms with Crippen LogP contribution < -0.4 is 14.9 Å². The van der Waals surface area contributed by atoms with Crippen molar-refractivity contribution in [2.75, 3.05) is 13.2 Å². The first-order valence-electron chi connectivity index (χ1n) is 10.3. The van der Waals surface area contributed by atoms with Gasteiger partial charge in [-0.05, 0) is 47.0 Å². The molecule has 0 spiro atoms. The van der Waals surface area contributed by atoms with Crippen LogP contribution in [0, 0.1) is 0 Å². The number of rotatable bonds is 9. The van der Waals surface area contributed by atoms with Crippen molar-refractivity contribution in [2.45, 2.75) is 19.4 Å². The van der Waals surface area contributed by atoms with Crippen molar-refractivity contribution >= 4 is 28.1 Å². The third-order valence-electron chi connectivity index (χ3n) is 4.75. The highest BCUT2D eigenvalue weighted by Gasteiger charge is 2.39. The minimum Gasteiger partial charge on any atom is -0.493 e. The highest BCUT2D eigenvalue weighted by atomic mass is 79.9. The van der Waals surface area contributed by atoms with Gasteiger partial charge >= 0.3 is 0 Å². The number of ether oxygens (including phenoxy) is 2. The summed E-state index contributed by atoms with van der Waals surface area (Å²) in [4.78, 5) is 13.1. The van der Waals surface area contributed by atoms with Gasteiger partial charge in [0, 0.05) is 11.6 Å².